The normalized spacial score (nSPS) is 20.1. The molecule has 0 N–H and O–H groups in total. The van der Waals surface area contributed by atoms with Crippen molar-refractivity contribution in [2.45, 2.75) is 46.5 Å². The van der Waals surface area contributed by atoms with Crippen LogP contribution in [0.5, 0.6) is 0 Å². The molecule has 0 aromatic carbocycles. The molecule has 0 aromatic heterocycles. The molecule has 1 aliphatic rings. The van der Waals surface area contributed by atoms with Crippen molar-refractivity contribution in [1.82, 2.24) is 4.90 Å². The van der Waals surface area contributed by atoms with E-state index in [1.54, 1.807) is 0 Å². The molecule has 0 spiro atoms. The van der Waals surface area contributed by atoms with Crippen LogP contribution in [-0.2, 0) is 4.79 Å². The van der Waals surface area contributed by atoms with Crippen molar-refractivity contribution in [1.29, 1.82) is 5.26 Å². The van der Waals surface area contributed by atoms with Crippen LogP contribution in [0.15, 0.2) is 0 Å². The summed E-state index contributed by atoms with van der Waals surface area (Å²) in [7, 11) is 0. The maximum absolute atomic E-state index is 12.4. The van der Waals surface area contributed by atoms with E-state index in [0.29, 0.717) is 13.1 Å². The Labute approximate surface area is 98.4 Å². The Morgan fingerprint density at radius 1 is 1.50 bits per heavy atom. The fourth-order valence-electron chi connectivity index (χ4n) is 2.48. The highest BCUT2D eigenvalue weighted by Gasteiger charge is 2.38. The van der Waals surface area contributed by atoms with Gasteiger partial charge in [-0.05, 0) is 26.7 Å². The molecule has 0 aromatic rings. The molecule has 3 nitrogen and oxygen atoms in total. The molecule has 1 fully saturated rings. The van der Waals surface area contributed by atoms with Gasteiger partial charge in [-0.3, -0.25) is 4.79 Å². The lowest BCUT2D eigenvalue weighted by Gasteiger charge is -2.31. The van der Waals surface area contributed by atoms with E-state index >= 15 is 0 Å². The standard InChI is InChI=1S/C13H22N2O/c1-4-15(10-11(2)9-14)12(16)13(3)7-5-6-8-13/h11H,4-8,10H2,1-3H3. The monoisotopic (exact) mass is 222 g/mol. The summed E-state index contributed by atoms with van der Waals surface area (Å²) < 4.78 is 0. The second kappa shape index (κ2) is 5.34. The van der Waals surface area contributed by atoms with E-state index in [1.807, 2.05) is 18.7 Å². The number of hydrogen-bond donors (Lipinski definition) is 0. The van der Waals surface area contributed by atoms with E-state index in [9.17, 15) is 4.79 Å². The van der Waals surface area contributed by atoms with Crippen LogP contribution in [0, 0.1) is 22.7 Å². The van der Waals surface area contributed by atoms with Gasteiger partial charge in [-0.1, -0.05) is 19.8 Å². The van der Waals surface area contributed by atoms with E-state index in [1.165, 1.54) is 0 Å². The lowest BCUT2D eigenvalue weighted by molar-refractivity contribution is -0.141. The van der Waals surface area contributed by atoms with Crippen molar-refractivity contribution in [3.8, 4) is 6.07 Å². The highest BCUT2D eigenvalue weighted by atomic mass is 16.2. The van der Waals surface area contributed by atoms with Crippen LogP contribution < -0.4 is 0 Å². The molecule has 1 amide bonds. The Morgan fingerprint density at radius 2 is 2.06 bits per heavy atom. The third kappa shape index (κ3) is 2.75. The Bertz CT molecular complexity index is 287. The molecule has 0 saturated heterocycles. The van der Waals surface area contributed by atoms with E-state index in [2.05, 4.69) is 13.0 Å². The lowest BCUT2D eigenvalue weighted by Crippen LogP contribution is -2.42. The minimum atomic E-state index is -0.162. The number of carbonyl (C=O) groups is 1. The molecule has 0 bridgehead atoms. The zero-order valence-electron chi connectivity index (χ0n) is 10.6. The average molecular weight is 222 g/mol. The average Bonchev–Trinajstić information content (AvgIpc) is 2.73. The second-order valence-electron chi connectivity index (χ2n) is 5.14. The van der Waals surface area contributed by atoms with E-state index in [4.69, 9.17) is 5.26 Å². The lowest BCUT2D eigenvalue weighted by atomic mass is 9.87. The van der Waals surface area contributed by atoms with Gasteiger partial charge in [-0.15, -0.1) is 0 Å². The number of hydrogen-bond acceptors (Lipinski definition) is 2. The van der Waals surface area contributed by atoms with Crippen molar-refractivity contribution < 1.29 is 4.79 Å². The van der Waals surface area contributed by atoms with Gasteiger partial charge in [0.15, 0.2) is 0 Å². The maximum atomic E-state index is 12.4. The van der Waals surface area contributed by atoms with E-state index < -0.39 is 0 Å². The summed E-state index contributed by atoms with van der Waals surface area (Å²) in [6.07, 6.45) is 4.33. The van der Waals surface area contributed by atoms with Gasteiger partial charge in [-0.2, -0.15) is 5.26 Å². The van der Waals surface area contributed by atoms with Gasteiger partial charge >= 0.3 is 0 Å². The maximum Gasteiger partial charge on any atom is 0.228 e. The molecule has 0 aliphatic heterocycles. The number of nitrogens with zero attached hydrogens (tertiary/aromatic N) is 2. The summed E-state index contributed by atoms with van der Waals surface area (Å²) in [6, 6.07) is 2.19. The Morgan fingerprint density at radius 3 is 2.50 bits per heavy atom. The fourth-order valence-corrected chi connectivity index (χ4v) is 2.48. The molecule has 1 saturated carbocycles. The SMILES string of the molecule is CCN(CC(C)C#N)C(=O)C1(C)CCCC1. The van der Waals surface area contributed by atoms with Crippen LogP contribution in [0.2, 0.25) is 0 Å². The molecule has 16 heavy (non-hydrogen) atoms. The van der Waals surface area contributed by atoms with Gasteiger partial charge in [0.2, 0.25) is 5.91 Å². The van der Waals surface area contributed by atoms with Crippen molar-refractivity contribution >= 4 is 5.91 Å². The molecular formula is C13H22N2O. The van der Waals surface area contributed by atoms with Gasteiger partial charge in [0.1, 0.15) is 0 Å². The smallest absolute Gasteiger partial charge is 0.228 e. The molecule has 0 heterocycles. The first-order valence-corrected chi connectivity index (χ1v) is 6.22. The van der Waals surface area contributed by atoms with Crippen LogP contribution in [0.4, 0.5) is 0 Å². The van der Waals surface area contributed by atoms with Crippen LogP contribution >= 0.6 is 0 Å². The molecule has 90 valence electrons. The molecule has 3 heteroatoms. The van der Waals surface area contributed by atoms with Crippen LogP contribution in [0.25, 0.3) is 0 Å². The first-order valence-electron chi connectivity index (χ1n) is 6.22. The van der Waals surface area contributed by atoms with Gasteiger partial charge in [-0.25, -0.2) is 0 Å². The summed E-state index contributed by atoms with van der Waals surface area (Å²) in [5.41, 5.74) is -0.162. The van der Waals surface area contributed by atoms with Crippen molar-refractivity contribution in [2.24, 2.45) is 11.3 Å². The van der Waals surface area contributed by atoms with Gasteiger partial charge in [0.25, 0.3) is 0 Å². The third-order valence-electron chi connectivity index (χ3n) is 3.61. The Hall–Kier alpha value is -1.04. The highest BCUT2D eigenvalue weighted by Crippen LogP contribution is 2.39. The van der Waals surface area contributed by atoms with Gasteiger partial charge in [0, 0.05) is 18.5 Å². The topological polar surface area (TPSA) is 44.1 Å². The Balaban J connectivity index is 2.66. The quantitative estimate of drug-likeness (QED) is 0.733. The van der Waals surface area contributed by atoms with Crippen molar-refractivity contribution in [3.63, 3.8) is 0 Å². The summed E-state index contributed by atoms with van der Waals surface area (Å²) in [5.74, 6) is 0.170. The summed E-state index contributed by atoms with van der Waals surface area (Å²) in [6.45, 7) is 7.21. The van der Waals surface area contributed by atoms with Gasteiger partial charge < -0.3 is 4.90 Å². The molecule has 1 atom stereocenters. The second-order valence-corrected chi connectivity index (χ2v) is 5.14. The number of amides is 1. The zero-order chi connectivity index (χ0) is 12.2. The largest absolute Gasteiger partial charge is 0.341 e. The number of rotatable bonds is 4. The van der Waals surface area contributed by atoms with E-state index in [-0.39, 0.29) is 17.2 Å². The van der Waals surface area contributed by atoms with Crippen LogP contribution in [-0.4, -0.2) is 23.9 Å². The molecule has 1 unspecified atom stereocenters. The third-order valence-corrected chi connectivity index (χ3v) is 3.61. The summed E-state index contributed by atoms with van der Waals surface area (Å²) >= 11 is 0. The van der Waals surface area contributed by atoms with Crippen LogP contribution in [0.3, 0.4) is 0 Å². The molecular weight excluding hydrogens is 200 g/mol. The number of carbonyl (C=O) groups excluding carboxylic acids is 1. The first kappa shape index (κ1) is 13.0. The molecule has 1 rings (SSSR count). The predicted octanol–water partition coefficient (Wildman–Crippen LogP) is 2.57. The number of nitriles is 1. The highest BCUT2D eigenvalue weighted by molar-refractivity contribution is 5.82. The summed E-state index contributed by atoms with van der Waals surface area (Å²) in [4.78, 5) is 14.2. The fraction of sp³-hybridized carbons (Fsp3) is 0.846. The molecule has 1 aliphatic carbocycles. The van der Waals surface area contributed by atoms with E-state index in [0.717, 1.165) is 25.7 Å². The van der Waals surface area contributed by atoms with Crippen LogP contribution in [0.1, 0.15) is 46.5 Å². The molecule has 0 radical (unpaired) electrons. The minimum Gasteiger partial charge on any atom is -0.341 e. The van der Waals surface area contributed by atoms with Crippen molar-refractivity contribution in [3.05, 3.63) is 0 Å². The van der Waals surface area contributed by atoms with Gasteiger partial charge in [0.05, 0.1) is 12.0 Å². The zero-order valence-corrected chi connectivity index (χ0v) is 10.6. The predicted molar refractivity (Wildman–Crippen MR) is 63.6 cm³/mol. The minimum absolute atomic E-state index is 0.0751. The first-order chi connectivity index (χ1) is 7.53. The Kier molecular flexibility index (Phi) is 4.35. The van der Waals surface area contributed by atoms with Crippen molar-refractivity contribution in [2.75, 3.05) is 13.1 Å². The summed E-state index contributed by atoms with van der Waals surface area (Å²) in [5, 5.41) is 8.80.